The first-order chi connectivity index (χ1) is 8.25. The van der Waals surface area contributed by atoms with Crippen LogP contribution in [-0.2, 0) is 0 Å². The molecule has 17 heavy (non-hydrogen) atoms. The Bertz CT molecular complexity index is 524. The molecule has 0 aliphatic rings. The highest BCUT2D eigenvalue weighted by atomic mass is 79.9. The molecule has 0 unspecified atom stereocenters. The minimum absolute atomic E-state index is 0.931. The molecule has 0 spiro atoms. The molecule has 0 aromatic heterocycles. The highest BCUT2D eigenvalue weighted by Gasteiger charge is 1.97. The summed E-state index contributed by atoms with van der Waals surface area (Å²) in [6.07, 6.45) is 1.79. The Balaban J connectivity index is 2.05. The molecule has 4 heteroatoms. The molecule has 0 atom stereocenters. The molecule has 86 valence electrons. The van der Waals surface area contributed by atoms with Gasteiger partial charge in [-0.1, -0.05) is 46.3 Å². The number of hydrazone groups is 1. The molecule has 0 saturated heterocycles. The minimum atomic E-state index is 0.931. The van der Waals surface area contributed by atoms with Crippen LogP contribution in [0, 0.1) is 0 Å². The van der Waals surface area contributed by atoms with Crippen LogP contribution < -0.4 is 5.43 Å². The Labute approximate surface area is 117 Å². The van der Waals surface area contributed by atoms with E-state index in [2.05, 4.69) is 42.4 Å². The van der Waals surface area contributed by atoms with Gasteiger partial charge in [-0.25, -0.2) is 0 Å². The van der Waals surface area contributed by atoms with Crippen molar-refractivity contribution < 1.29 is 0 Å². The van der Waals surface area contributed by atoms with Crippen molar-refractivity contribution in [2.75, 3.05) is 5.43 Å². The summed E-state index contributed by atoms with van der Waals surface area (Å²) in [5.41, 5.74) is 4.98. The number of nitrogens with zero attached hydrogens (tertiary/aromatic N) is 1. The number of nitrogens with one attached hydrogen (secondary N) is 1. The third kappa shape index (κ3) is 3.68. The van der Waals surface area contributed by atoms with Gasteiger partial charge in [0.2, 0.25) is 0 Å². The van der Waals surface area contributed by atoms with Gasteiger partial charge in [-0.15, -0.1) is 0 Å². The fourth-order valence-electron chi connectivity index (χ4n) is 1.30. The Morgan fingerprint density at radius 3 is 2.47 bits per heavy atom. The largest absolute Gasteiger partial charge is 0.277 e. The molecule has 2 aromatic rings. The lowest BCUT2D eigenvalue weighted by Crippen LogP contribution is -1.91. The molecule has 0 bridgehead atoms. The number of hydrogen-bond donors (Lipinski definition) is 1. The lowest BCUT2D eigenvalue weighted by atomic mass is 10.2. The lowest BCUT2D eigenvalue weighted by molar-refractivity contribution is 1.33. The van der Waals surface area contributed by atoms with E-state index < -0.39 is 0 Å². The van der Waals surface area contributed by atoms with Crippen LogP contribution in [0.1, 0.15) is 5.56 Å². The minimum Gasteiger partial charge on any atom is -0.277 e. The molecule has 0 heterocycles. The topological polar surface area (TPSA) is 24.4 Å². The van der Waals surface area contributed by atoms with Crippen LogP contribution in [0.4, 0.5) is 5.69 Å². The highest BCUT2D eigenvalue weighted by molar-refractivity contribution is 9.11. The fraction of sp³-hybridized carbons (Fsp3) is 0. The maximum atomic E-state index is 4.18. The third-order valence-electron chi connectivity index (χ3n) is 2.13. The maximum Gasteiger partial charge on any atom is 0.0704 e. The van der Waals surface area contributed by atoms with Gasteiger partial charge in [0.05, 0.1) is 11.9 Å². The first-order valence-electron chi connectivity index (χ1n) is 5.05. The zero-order valence-corrected chi connectivity index (χ0v) is 12.1. The predicted octanol–water partition coefficient (Wildman–Crippen LogP) is 4.66. The van der Waals surface area contributed by atoms with Gasteiger partial charge in [-0.2, -0.15) is 5.10 Å². The van der Waals surface area contributed by atoms with Crippen LogP contribution in [0.5, 0.6) is 0 Å². The van der Waals surface area contributed by atoms with Crippen LogP contribution >= 0.6 is 31.9 Å². The average molecular weight is 354 g/mol. The number of anilines is 1. The highest BCUT2D eigenvalue weighted by Crippen LogP contribution is 2.25. The smallest absolute Gasteiger partial charge is 0.0704 e. The van der Waals surface area contributed by atoms with E-state index in [1.165, 1.54) is 0 Å². The van der Waals surface area contributed by atoms with E-state index in [4.69, 9.17) is 0 Å². The van der Waals surface area contributed by atoms with E-state index in [9.17, 15) is 0 Å². The van der Waals surface area contributed by atoms with Gasteiger partial charge in [0.1, 0.15) is 0 Å². The van der Waals surface area contributed by atoms with E-state index >= 15 is 0 Å². The van der Waals surface area contributed by atoms with Crippen molar-refractivity contribution in [3.8, 4) is 0 Å². The first kappa shape index (κ1) is 12.3. The average Bonchev–Trinajstić information content (AvgIpc) is 2.33. The quantitative estimate of drug-likeness (QED) is 0.630. The normalized spacial score (nSPS) is 10.7. The Morgan fingerprint density at radius 2 is 1.76 bits per heavy atom. The summed E-state index contributed by atoms with van der Waals surface area (Å²) in [4.78, 5) is 0. The molecule has 1 N–H and O–H groups in total. The molecule has 0 fully saturated rings. The Morgan fingerprint density at radius 1 is 1.00 bits per heavy atom. The molecular formula is C13H10Br2N2. The van der Waals surface area contributed by atoms with Gasteiger partial charge in [0.25, 0.3) is 0 Å². The number of rotatable bonds is 3. The summed E-state index contributed by atoms with van der Waals surface area (Å²) < 4.78 is 2.00. The number of hydrogen-bond acceptors (Lipinski definition) is 2. The molecule has 0 saturated carbocycles. The molecule has 0 aliphatic heterocycles. The van der Waals surface area contributed by atoms with E-state index in [1.54, 1.807) is 6.21 Å². The fourth-order valence-corrected chi connectivity index (χ4v) is 2.43. The van der Waals surface area contributed by atoms with Gasteiger partial charge in [-0.3, -0.25) is 5.43 Å². The van der Waals surface area contributed by atoms with Crippen molar-refractivity contribution in [3.05, 3.63) is 63.0 Å². The summed E-state index contributed by atoms with van der Waals surface area (Å²) >= 11 is 6.87. The number of benzene rings is 2. The van der Waals surface area contributed by atoms with Gasteiger partial charge in [0, 0.05) is 8.95 Å². The second-order valence-electron chi connectivity index (χ2n) is 3.40. The van der Waals surface area contributed by atoms with E-state index in [0.29, 0.717) is 0 Å². The second-order valence-corrected chi connectivity index (χ2v) is 5.17. The monoisotopic (exact) mass is 352 g/mol. The lowest BCUT2D eigenvalue weighted by Gasteiger charge is -2.03. The van der Waals surface area contributed by atoms with Crippen molar-refractivity contribution in [1.29, 1.82) is 0 Å². The van der Waals surface area contributed by atoms with Crippen molar-refractivity contribution in [3.63, 3.8) is 0 Å². The first-order valence-corrected chi connectivity index (χ1v) is 6.63. The molecular weight excluding hydrogens is 344 g/mol. The summed E-state index contributed by atoms with van der Waals surface area (Å²) in [5.74, 6) is 0. The zero-order valence-electron chi connectivity index (χ0n) is 8.90. The molecule has 0 aliphatic carbocycles. The van der Waals surface area contributed by atoms with Crippen LogP contribution in [0.15, 0.2) is 62.6 Å². The van der Waals surface area contributed by atoms with Gasteiger partial charge < -0.3 is 0 Å². The summed E-state index contributed by atoms with van der Waals surface area (Å²) in [6.45, 7) is 0. The Hall–Kier alpha value is -1.13. The van der Waals surface area contributed by atoms with E-state index in [0.717, 1.165) is 20.2 Å². The second kappa shape index (κ2) is 5.98. The summed E-state index contributed by atoms with van der Waals surface area (Å²) in [5, 5.41) is 4.18. The molecule has 2 nitrogen and oxygen atoms in total. The summed E-state index contributed by atoms with van der Waals surface area (Å²) in [6, 6.07) is 15.8. The van der Waals surface area contributed by atoms with Gasteiger partial charge in [-0.05, 0) is 39.7 Å². The van der Waals surface area contributed by atoms with Crippen LogP contribution in [-0.4, -0.2) is 6.21 Å². The van der Waals surface area contributed by atoms with Crippen molar-refractivity contribution in [1.82, 2.24) is 0 Å². The SMILES string of the molecule is Brc1ccc(NN=Cc2ccccc2)c(Br)c1. The van der Waals surface area contributed by atoms with Gasteiger partial charge in [0.15, 0.2) is 0 Å². The van der Waals surface area contributed by atoms with Crippen LogP contribution in [0.2, 0.25) is 0 Å². The third-order valence-corrected chi connectivity index (χ3v) is 3.28. The zero-order chi connectivity index (χ0) is 12.1. The van der Waals surface area contributed by atoms with Gasteiger partial charge >= 0.3 is 0 Å². The molecule has 2 aromatic carbocycles. The molecule has 0 amide bonds. The van der Waals surface area contributed by atoms with Crippen molar-refractivity contribution in [2.24, 2.45) is 5.10 Å². The maximum absolute atomic E-state index is 4.18. The molecule has 0 radical (unpaired) electrons. The van der Waals surface area contributed by atoms with Crippen LogP contribution in [0.3, 0.4) is 0 Å². The molecule has 2 rings (SSSR count). The Kier molecular flexibility index (Phi) is 4.34. The predicted molar refractivity (Wildman–Crippen MR) is 79.5 cm³/mol. The standard InChI is InChI=1S/C13H10Br2N2/c14-11-6-7-13(12(15)8-11)17-16-9-10-4-2-1-3-5-10/h1-9,17H. The number of halogens is 2. The summed E-state index contributed by atoms with van der Waals surface area (Å²) in [7, 11) is 0. The van der Waals surface area contributed by atoms with E-state index in [1.807, 2.05) is 48.5 Å². The van der Waals surface area contributed by atoms with Crippen molar-refractivity contribution in [2.45, 2.75) is 0 Å². The van der Waals surface area contributed by atoms with Crippen molar-refractivity contribution >= 4 is 43.8 Å². The van der Waals surface area contributed by atoms with Crippen LogP contribution in [0.25, 0.3) is 0 Å². The van der Waals surface area contributed by atoms with E-state index in [-0.39, 0.29) is 0 Å².